The molecule has 0 unspecified atom stereocenters. The molecule has 0 radical (unpaired) electrons. The lowest BCUT2D eigenvalue weighted by Gasteiger charge is -2.22. The monoisotopic (exact) mass is 280 g/mol. The molecule has 2 N–H and O–H groups in total. The van der Waals surface area contributed by atoms with Crippen molar-refractivity contribution in [2.45, 2.75) is 19.3 Å². The molecule has 0 atom stereocenters. The van der Waals surface area contributed by atoms with Gasteiger partial charge in [-0.15, -0.1) is 0 Å². The number of halogens is 1. The quantitative estimate of drug-likeness (QED) is 0.624. The van der Waals surface area contributed by atoms with Gasteiger partial charge in [0.1, 0.15) is 0 Å². The van der Waals surface area contributed by atoms with Crippen LogP contribution in [0.15, 0.2) is 29.4 Å². The maximum atomic E-state index is 11.7. The summed E-state index contributed by atoms with van der Waals surface area (Å²) in [6.07, 6.45) is 5.35. The number of hydrazone groups is 1. The number of hydrogen-bond donors (Lipinski definition) is 2. The van der Waals surface area contributed by atoms with Crippen LogP contribution >= 0.6 is 11.6 Å². The molecule has 1 aromatic rings. The Labute approximate surface area is 118 Å². The Kier molecular flexibility index (Phi) is 5.36. The van der Waals surface area contributed by atoms with E-state index in [1.54, 1.807) is 18.3 Å². The molecule has 1 heterocycles. The van der Waals surface area contributed by atoms with Gasteiger partial charge < -0.3 is 4.90 Å². The molecule has 1 fully saturated rings. The highest BCUT2D eigenvalue weighted by Crippen LogP contribution is 2.07. The third-order valence-electron chi connectivity index (χ3n) is 3.24. The highest BCUT2D eigenvalue weighted by atomic mass is 35.5. The van der Waals surface area contributed by atoms with Crippen molar-refractivity contribution in [2.75, 3.05) is 19.6 Å². The van der Waals surface area contributed by atoms with Crippen LogP contribution in [0.3, 0.4) is 0 Å². The minimum Gasteiger partial charge on any atom is -0.327 e. The van der Waals surface area contributed by atoms with Crippen LogP contribution in [-0.2, 0) is 4.79 Å². The molecule has 0 saturated carbocycles. The maximum absolute atomic E-state index is 11.7. The number of likely N-dealkylation sites (tertiary alicyclic amines) is 1. The lowest BCUT2D eigenvalue weighted by atomic mass is 10.1. The number of piperidine rings is 1. The summed E-state index contributed by atoms with van der Waals surface area (Å²) in [5.74, 6) is -0.0258. The van der Waals surface area contributed by atoms with Crippen molar-refractivity contribution in [3.63, 3.8) is 0 Å². The van der Waals surface area contributed by atoms with E-state index in [1.165, 1.54) is 24.2 Å². The molecule has 19 heavy (non-hydrogen) atoms. The predicted octanol–water partition coefficient (Wildman–Crippen LogP) is 0.859. The van der Waals surface area contributed by atoms with Crippen LogP contribution in [0.2, 0.25) is 5.02 Å². The van der Waals surface area contributed by atoms with Crippen LogP contribution in [0, 0.1) is 0 Å². The van der Waals surface area contributed by atoms with Gasteiger partial charge in [0.15, 0.2) is 6.54 Å². The van der Waals surface area contributed by atoms with Crippen LogP contribution in [-0.4, -0.2) is 31.8 Å². The second-order valence-electron chi connectivity index (χ2n) is 4.83. The molecular weight excluding hydrogens is 262 g/mol. The number of hydrogen-bond acceptors (Lipinski definition) is 2. The number of rotatable bonds is 4. The van der Waals surface area contributed by atoms with Gasteiger partial charge in [0, 0.05) is 5.02 Å². The molecule has 1 aliphatic rings. The fourth-order valence-corrected chi connectivity index (χ4v) is 2.35. The van der Waals surface area contributed by atoms with Crippen molar-refractivity contribution in [2.24, 2.45) is 5.10 Å². The molecule has 5 heteroatoms. The van der Waals surface area contributed by atoms with E-state index in [0.29, 0.717) is 11.6 Å². The third kappa shape index (κ3) is 5.01. The second kappa shape index (κ2) is 7.26. The summed E-state index contributed by atoms with van der Waals surface area (Å²) in [6.45, 7) is 2.70. The van der Waals surface area contributed by atoms with Crippen LogP contribution < -0.4 is 10.3 Å². The number of carbonyl (C=O) groups excluding carboxylic acids is 1. The number of nitrogens with one attached hydrogen (secondary N) is 2. The zero-order valence-electron chi connectivity index (χ0n) is 10.9. The Morgan fingerprint density at radius 1 is 1.26 bits per heavy atom. The van der Waals surface area contributed by atoms with E-state index in [0.717, 1.165) is 18.7 Å². The van der Waals surface area contributed by atoms with Gasteiger partial charge in [-0.05, 0) is 37.0 Å². The summed E-state index contributed by atoms with van der Waals surface area (Å²) in [4.78, 5) is 13.0. The number of nitrogens with zero attached hydrogens (tertiary/aromatic N) is 1. The third-order valence-corrected chi connectivity index (χ3v) is 3.50. The van der Waals surface area contributed by atoms with E-state index in [2.05, 4.69) is 10.5 Å². The molecule has 1 aromatic carbocycles. The van der Waals surface area contributed by atoms with Crippen molar-refractivity contribution in [1.82, 2.24) is 5.43 Å². The van der Waals surface area contributed by atoms with E-state index >= 15 is 0 Å². The van der Waals surface area contributed by atoms with Gasteiger partial charge in [-0.2, -0.15) is 5.10 Å². The molecule has 0 aliphatic carbocycles. The lowest BCUT2D eigenvalue weighted by molar-refractivity contribution is -0.896. The van der Waals surface area contributed by atoms with Gasteiger partial charge in [0.05, 0.1) is 19.3 Å². The smallest absolute Gasteiger partial charge is 0.295 e. The van der Waals surface area contributed by atoms with Gasteiger partial charge in [0.25, 0.3) is 5.91 Å². The van der Waals surface area contributed by atoms with E-state index < -0.39 is 0 Å². The Morgan fingerprint density at radius 3 is 2.63 bits per heavy atom. The number of amides is 1. The molecule has 1 aliphatic heterocycles. The molecule has 1 amide bonds. The highest BCUT2D eigenvalue weighted by Gasteiger charge is 2.16. The molecule has 2 rings (SSSR count). The first-order chi connectivity index (χ1) is 9.24. The van der Waals surface area contributed by atoms with Gasteiger partial charge in [-0.1, -0.05) is 23.7 Å². The largest absolute Gasteiger partial charge is 0.327 e. The average molecular weight is 281 g/mol. The van der Waals surface area contributed by atoms with Crippen LogP contribution in [0.25, 0.3) is 0 Å². The van der Waals surface area contributed by atoms with Crippen molar-refractivity contribution in [1.29, 1.82) is 0 Å². The molecule has 0 aromatic heterocycles. The van der Waals surface area contributed by atoms with Gasteiger partial charge >= 0.3 is 0 Å². The van der Waals surface area contributed by atoms with Crippen LogP contribution in [0.1, 0.15) is 24.8 Å². The van der Waals surface area contributed by atoms with E-state index in [-0.39, 0.29) is 5.91 Å². The number of quaternary nitrogens is 1. The molecule has 102 valence electrons. The average Bonchev–Trinajstić information content (AvgIpc) is 2.42. The van der Waals surface area contributed by atoms with Gasteiger partial charge in [-0.25, -0.2) is 5.43 Å². The fraction of sp³-hybridized carbons (Fsp3) is 0.429. The number of benzene rings is 1. The van der Waals surface area contributed by atoms with Crippen molar-refractivity contribution in [3.8, 4) is 0 Å². The fourth-order valence-electron chi connectivity index (χ4n) is 2.22. The zero-order valence-corrected chi connectivity index (χ0v) is 11.6. The molecule has 1 saturated heterocycles. The van der Waals surface area contributed by atoms with Crippen LogP contribution in [0.5, 0.6) is 0 Å². The first-order valence-corrected chi connectivity index (χ1v) is 7.03. The SMILES string of the molecule is O=C(C[NH+]1CCCCC1)NN=Cc1ccc(Cl)cc1. The topological polar surface area (TPSA) is 45.9 Å². The first-order valence-electron chi connectivity index (χ1n) is 6.65. The molecule has 0 bridgehead atoms. The standard InChI is InChI=1S/C14H18ClN3O/c15-13-6-4-12(5-7-13)10-16-17-14(19)11-18-8-2-1-3-9-18/h4-7,10H,1-3,8-9,11H2,(H,17,19)/p+1. The summed E-state index contributed by atoms with van der Waals surface area (Å²) in [5.41, 5.74) is 3.48. The molecule has 0 spiro atoms. The summed E-state index contributed by atoms with van der Waals surface area (Å²) < 4.78 is 0. The Balaban J connectivity index is 1.74. The van der Waals surface area contributed by atoms with Gasteiger partial charge in [0.2, 0.25) is 0 Å². The summed E-state index contributed by atoms with van der Waals surface area (Å²) >= 11 is 5.79. The highest BCUT2D eigenvalue weighted by molar-refractivity contribution is 6.30. The molecular formula is C14H19ClN3O+. The minimum absolute atomic E-state index is 0.0258. The van der Waals surface area contributed by atoms with E-state index in [4.69, 9.17) is 11.6 Å². The Hall–Kier alpha value is -1.39. The first kappa shape index (κ1) is 14.0. The number of carbonyl (C=O) groups is 1. The summed E-state index contributed by atoms with van der Waals surface area (Å²) in [7, 11) is 0. The van der Waals surface area contributed by atoms with E-state index in [9.17, 15) is 4.79 Å². The minimum atomic E-state index is -0.0258. The van der Waals surface area contributed by atoms with Crippen LogP contribution in [0.4, 0.5) is 0 Å². The Bertz CT molecular complexity index is 439. The lowest BCUT2D eigenvalue weighted by Crippen LogP contribution is -3.13. The van der Waals surface area contributed by atoms with Gasteiger partial charge in [-0.3, -0.25) is 4.79 Å². The van der Waals surface area contributed by atoms with Crippen molar-refractivity contribution < 1.29 is 9.69 Å². The van der Waals surface area contributed by atoms with Crippen molar-refractivity contribution in [3.05, 3.63) is 34.9 Å². The van der Waals surface area contributed by atoms with Crippen molar-refractivity contribution >= 4 is 23.7 Å². The summed E-state index contributed by atoms with van der Waals surface area (Å²) in [5, 5.41) is 4.65. The second-order valence-corrected chi connectivity index (χ2v) is 5.27. The Morgan fingerprint density at radius 2 is 1.95 bits per heavy atom. The zero-order chi connectivity index (χ0) is 13.5. The van der Waals surface area contributed by atoms with E-state index in [1.807, 2.05) is 12.1 Å². The maximum Gasteiger partial charge on any atom is 0.295 e. The predicted molar refractivity (Wildman–Crippen MR) is 76.6 cm³/mol. The normalized spacial score (nSPS) is 16.7. The summed E-state index contributed by atoms with van der Waals surface area (Å²) in [6, 6.07) is 7.30. The molecule has 4 nitrogen and oxygen atoms in total.